The van der Waals surface area contributed by atoms with Crippen LogP contribution in [0, 0.1) is 0 Å². The number of rotatable bonds is 2. The summed E-state index contributed by atoms with van der Waals surface area (Å²) in [6.07, 6.45) is 0. The van der Waals surface area contributed by atoms with E-state index in [4.69, 9.17) is 9.15 Å². The summed E-state index contributed by atoms with van der Waals surface area (Å²) in [4.78, 5) is 22.8. The highest BCUT2D eigenvalue weighted by Crippen LogP contribution is 2.29. The van der Waals surface area contributed by atoms with Crippen molar-refractivity contribution in [2.45, 2.75) is 6.92 Å². The van der Waals surface area contributed by atoms with Gasteiger partial charge in [0.15, 0.2) is 17.1 Å². The summed E-state index contributed by atoms with van der Waals surface area (Å²) in [5.74, 6) is 0.126. The molecule has 0 aliphatic rings. The number of carbonyl (C=O) groups is 1. The van der Waals surface area contributed by atoms with E-state index in [9.17, 15) is 9.59 Å². The molecule has 0 spiro atoms. The Morgan fingerprint density at radius 1 is 1.35 bits per heavy atom. The van der Waals surface area contributed by atoms with Crippen LogP contribution in [0.25, 0.3) is 11.0 Å². The summed E-state index contributed by atoms with van der Waals surface area (Å²) in [7, 11) is 1.49. The third-order valence-corrected chi connectivity index (χ3v) is 2.82. The van der Waals surface area contributed by atoms with Crippen LogP contribution in [-0.4, -0.2) is 12.9 Å². The third kappa shape index (κ3) is 2.10. The molecular formula is C12H9BrO4. The van der Waals surface area contributed by atoms with Crippen LogP contribution in [0.5, 0.6) is 5.75 Å². The van der Waals surface area contributed by atoms with E-state index in [1.54, 1.807) is 12.1 Å². The first-order valence-corrected chi connectivity index (χ1v) is 5.64. The Morgan fingerprint density at radius 2 is 2.06 bits per heavy atom. The van der Waals surface area contributed by atoms with Gasteiger partial charge in [0.2, 0.25) is 0 Å². The summed E-state index contributed by atoms with van der Waals surface area (Å²) < 4.78 is 11.0. The Bertz CT molecular complexity index is 657. The Balaban J connectivity index is 2.87. The standard InChI is InChI=1S/C12H9BrO4/c1-6(14)9-4-7-3-8(13)5-10(16-2)11(7)17-12(9)15/h3-5H,1-2H3. The molecule has 0 N–H and O–H groups in total. The van der Waals surface area contributed by atoms with Crippen molar-refractivity contribution < 1.29 is 13.9 Å². The molecular weight excluding hydrogens is 288 g/mol. The number of benzene rings is 1. The Hall–Kier alpha value is -1.62. The van der Waals surface area contributed by atoms with Crippen LogP contribution in [0.4, 0.5) is 0 Å². The minimum atomic E-state index is -0.648. The zero-order valence-electron chi connectivity index (χ0n) is 9.24. The molecule has 1 aromatic carbocycles. The van der Waals surface area contributed by atoms with Crippen LogP contribution < -0.4 is 10.4 Å². The SMILES string of the molecule is COc1cc(Br)cc2cc(C(C)=O)c(=O)oc12. The summed E-state index contributed by atoms with van der Waals surface area (Å²) in [5, 5.41) is 0.640. The fraction of sp³-hybridized carbons (Fsp3) is 0.167. The van der Waals surface area contributed by atoms with Gasteiger partial charge in [0.05, 0.1) is 7.11 Å². The molecule has 0 amide bonds. The number of methoxy groups -OCH3 is 1. The number of carbonyl (C=O) groups excluding carboxylic acids is 1. The lowest BCUT2D eigenvalue weighted by Gasteiger charge is -2.05. The number of hydrogen-bond donors (Lipinski definition) is 0. The maximum Gasteiger partial charge on any atom is 0.347 e. The van der Waals surface area contributed by atoms with Crippen molar-refractivity contribution in [2.24, 2.45) is 0 Å². The van der Waals surface area contributed by atoms with E-state index < -0.39 is 5.63 Å². The number of halogens is 1. The number of hydrogen-bond acceptors (Lipinski definition) is 4. The van der Waals surface area contributed by atoms with E-state index in [1.807, 2.05) is 0 Å². The maximum atomic E-state index is 11.6. The Morgan fingerprint density at radius 3 is 2.65 bits per heavy atom. The van der Waals surface area contributed by atoms with Crippen LogP contribution in [0.15, 0.2) is 31.9 Å². The molecule has 2 aromatic rings. The van der Waals surface area contributed by atoms with Crippen molar-refractivity contribution in [1.29, 1.82) is 0 Å². The summed E-state index contributed by atoms with van der Waals surface area (Å²) in [5.41, 5.74) is -0.269. The van der Waals surface area contributed by atoms with Gasteiger partial charge >= 0.3 is 5.63 Å². The largest absolute Gasteiger partial charge is 0.493 e. The van der Waals surface area contributed by atoms with Crippen molar-refractivity contribution >= 4 is 32.7 Å². The van der Waals surface area contributed by atoms with E-state index in [2.05, 4.69) is 15.9 Å². The lowest BCUT2D eigenvalue weighted by molar-refractivity contribution is 0.101. The van der Waals surface area contributed by atoms with Gasteiger partial charge in [-0.05, 0) is 25.1 Å². The van der Waals surface area contributed by atoms with Crippen LogP contribution in [-0.2, 0) is 0 Å². The second kappa shape index (κ2) is 4.33. The molecule has 0 atom stereocenters. The molecule has 1 heterocycles. The summed E-state index contributed by atoms with van der Waals surface area (Å²) >= 11 is 3.32. The number of ether oxygens (including phenoxy) is 1. The van der Waals surface area contributed by atoms with E-state index >= 15 is 0 Å². The molecule has 5 heteroatoms. The summed E-state index contributed by atoms with van der Waals surface area (Å²) in [6, 6.07) is 4.96. The van der Waals surface area contributed by atoms with Crippen LogP contribution in [0.1, 0.15) is 17.3 Å². The first-order valence-electron chi connectivity index (χ1n) is 4.85. The molecule has 0 aliphatic heterocycles. The van der Waals surface area contributed by atoms with Crippen LogP contribution >= 0.6 is 15.9 Å². The normalized spacial score (nSPS) is 10.5. The molecule has 88 valence electrons. The van der Waals surface area contributed by atoms with E-state index in [0.29, 0.717) is 16.7 Å². The van der Waals surface area contributed by atoms with Gasteiger partial charge in [0.1, 0.15) is 5.56 Å². The highest BCUT2D eigenvalue weighted by atomic mass is 79.9. The monoisotopic (exact) mass is 296 g/mol. The predicted octanol–water partition coefficient (Wildman–Crippen LogP) is 2.77. The predicted molar refractivity (Wildman–Crippen MR) is 66.7 cm³/mol. The zero-order chi connectivity index (χ0) is 12.6. The average Bonchev–Trinajstić information content (AvgIpc) is 2.27. The average molecular weight is 297 g/mol. The van der Waals surface area contributed by atoms with Crippen molar-refractivity contribution in [1.82, 2.24) is 0 Å². The number of Topliss-reactive ketones (excluding diaryl/α,β-unsaturated/α-hetero) is 1. The van der Waals surface area contributed by atoms with Gasteiger partial charge in [-0.1, -0.05) is 15.9 Å². The zero-order valence-corrected chi connectivity index (χ0v) is 10.8. The maximum absolute atomic E-state index is 11.6. The molecule has 17 heavy (non-hydrogen) atoms. The van der Waals surface area contributed by atoms with Crippen molar-refractivity contribution in [3.05, 3.63) is 38.7 Å². The van der Waals surface area contributed by atoms with Gasteiger partial charge in [0, 0.05) is 9.86 Å². The smallest absolute Gasteiger partial charge is 0.347 e. The molecule has 0 fully saturated rings. The first-order chi connectivity index (χ1) is 8.02. The first kappa shape index (κ1) is 11.9. The highest BCUT2D eigenvalue weighted by molar-refractivity contribution is 9.10. The molecule has 0 saturated heterocycles. The molecule has 0 bridgehead atoms. The Kier molecular flexibility index (Phi) is 3.02. The van der Waals surface area contributed by atoms with E-state index in [-0.39, 0.29) is 11.3 Å². The van der Waals surface area contributed by atoms with Gasteiger partial charge < -0.3 is 9.15 Å². The van der Waals surface area contributed by atoms with Gasteiger partial charge in [-0.15, -0.1) is 0 Å². The fourth-order valence-electron chi connectivity index (χ4n) is 1.56. The van der Waals surface area contributed by atoms with Crippen LogP contribution in [0.2, 0.25) is 0 Å². The lowest BCUT2D eigenvalue weighted by atomic mass is 10.1. The molecule has 4 nitrogen and oxygen atoms in total. The van der Waals surface area contributed by atoms with Crippen molar-refractivity contribution in [2.75, 3.05) is 7.11 Å². The molecule has 1 aromatic heterocycles. The second-order valence-electron chi connectivity index (χ2n) is 3.53. The van der Waals surface area contributed by atoms with Crippen molar-refractivity contribution in [3.63, 3.8) is 0 Å². The molecule has 0 aliphatic carbocycles. The third-order valence-electron chi connectivity index (χ3n) is 2.36. The Labute approximate surface area is 105 Å². The molecule has 2 rings (SSSR count). The molecule has 0 unspecified atom stereocenters. The number of fused-ring (bicyclic) bond motifs is 1. The number of ketones is 1. The van der Waals surface area contributed by atoms with E-state index in [0.717, 1.165) is 4.47 Å². The lowest BCUT2D eigenvalue weighted by Crippen LogP contribution is -2.11. The van der Waals surface area contributed by atoms with Crippen LogP contribution in [0.3, 0.4) is 0 Å². The second-order valence-corrected chi connectivity index (χ2v) is 4.45. The topological polar surface area (TPSA) is 56.5 Å². The van der Waals surface area contributed by atoms with Gasteiger partial charge in [-0.25, -0.2) is 4.79 Å². The van der Waals surface area contributed by atoms with Crippen molar-refractivity contribution in [3.8, 4) is 5.75 Å². The van der Waals surface area contributed by atoms with Gasteiger partial charge in [-0.3, -0.25) is 4.79 Å². The summed E-state index contributed by atoms with van der Waals surface area (Å²) in [6.45, 7) is 1.33. The minimum Gasteiger partial charge on any atom is -0.493 e. The fourth-order valence-corrected chi connectivity index (χ4v) is 2.02. The van der Waals surface area contributed by atoms with Gasteiger partial charge in [-0.2, -0.15) is 0 Å². The minimum absolute atomic E-state index is 0.0395. The molecule has 0 saturated carbocycles. The van der Waals surface area contributed by atoms with E-state index in [1.165, 1.54) is 20.1 Å². The van der Waals surface area contributed by atoms with Gasteiger partial charge in [0.25, 0.3) is 0 Å². The highest BCUT2D eigenvalue weighted by Gasteiger charge is 2.13. The quantitative estimate of drug-likeness (QED) is 0.632. The molecule has 0 radical (unpaired) electrons.